The number of likely N-dealkylation sites (N-methyl/N-ethyl adjacent to an activating group) is 3. The number of aliphatic hydroxyl groups excluding tert-OH is 3. The van der Waals surface area contributed by atoms with Crippen LogP contribution < -0.4 is 0 Å². The molecule has 0 aliphatic heterocycles. The van der Waals surface area contributed by atoms with Crippen LogP contribution in [-0.4, -0.2) is 141 Å². The summed E-state index contributed by atoms with van der Waals surface area (Å²) in [5, 5.41) is 57.4. The zero-order valence-electron chi connectivity index (χ0n) is 15.6. The number of nitrogens with zero attached hydrogens (tertiary/aromatic N) is 3. The molecular formula is C15H29N3O9. The van der Waals surface area contributed by atoms with Crippen LogP contribution in [0, 0.1) is 0 Å². The van der Waals surface area contributed by atoms with E-state index in [-0.39, 0.29) is 13.1 Å². The van der Waals surface area contributed by atoms with Crippen molar-refractivity contribution in [3.05, 3.63) is 0 Å². The summed E-state index contributed by atoms with van der Waals surface area (Å²) >= 11 is 0. The average molecular weight is 395 g/mol. The van der Waals surface area contributed by atoms with Gasteiger partial charge in [0.05, 0.1) is 50.5 Å². The lowest BCUT2D eigenvalue weighted by Gasteiger charge is -2.40. The zero-order chi connectivity index (χ0) is 21.3. The number of carbonyl (C=O) groups is 3. The maximum absolute atomic E-state index is 11.0. The molecule has 0 bridgehead atoms. The van der Waals surface area contributed by atoms with Gasteiger partial charge in [0.1, 0.15) is 0 Å². The standard InChI is InChI=1S/C15H29N3O9/c1-16(5-11(21)22)4-10(20)14(18(3)7-13(25)26)15(27)9(8-19)17(2)6-12(23)24/h9-10,14-15,19-20,27H,4-8H2,1-3H3,(H,21,22)(H,23,24)(H,25,26). The molecule has 0 aliphatic rings. The Bertz CT molecular complexity index is 505. The molecule has 27 heavy (non-hydrogen) atoms. The van der Waals surface area contributed by atoms with Crippen LogP contribution in [0.25, 0.3) is 0 Å². The molecule has 4 atom stereocenters. The fraction of sp³-hybridized carbons (Fsp3) is 0.800. The van der Waals surface area contributed by atoms with Gasteiger partial charge in [-0.15, -0.1) is 0 Å². The van der Waals surface area contributed by atoms with Crippen LogP contribution in [-0.2, 0) is 14.4 Å². The second-order valence-corrected chi connectivity index (χ2v) is 6.51. The molecule has 0 amide bonds. The Morgan fingerprint density at radius 1 is 0.815 bits per heavy atom. The Balaban J connectivity index is 5.50. The highest BCUT2D eigenvalue weighted by Crippen LogP contribution is 2.16. The predicted molar refractivity (Wildman–Crippen MR) is 92.3 cm³/mol. The molecule has 0 rings (SSSR count). The van der Waals surface area contributed by atoms with Crippen LogP contribution in [0.2, 0.25) is 0 Å². The first-order valence-electron chi connectivity index (χ1n) is 8.12. The van der Waals surface area contributed by atoms with E-state index in [1.54, 1.807) is 0 Å². The summed E-state index contributed by atoms with van der Waals surface area (Å²) in [6.45, 7) is -2.25. The van der Waals surface area contributed by atoms with E-state index in [1.165, 1.54) is 30.9 Å². The van der Waals surface area contributed by atoms with Gasteiger partial charge in [0.25, 0.3) is 0 Å². The normalized spacial score (nSPS) is 16.3. The highest BCUT2D eigenvalue weighted by molar-refractivity contribution is 5.69. The summed E-state index contributed by atoms with van der Waals surface area (Å²) < 4.78 is 0. The van der Waals surface area contributed by atoms with Crippen molar-refractivity contribution in [1.29, 1.82) is 0 Å². The van der Waals surface area contributed by atoms with E-state index in [1.807, 2.05) is 0 Å². The highest BCUT2D eigenvalue weighted by atomic mass is 16.4. The molecule has 158 valence electrons. The van der Waals surface area contributed by atoms with Gasteiger partial charge >= 0.3 is 17.9 Å². The maximum atomic E-state index is 11.0. The molecule has 6 N–H and O–H groups in total. The van der Waals surface area contributed by atoms with Crippen molar-refractivity contribution in [2.75, 3.05) is 53.9 Å². The molecule has 0 radical (unpaired) electrons. The van der Waals surface area contributed by atoms with Crippen molar-refractivity contribution >= 4 is 17.9 Å². The van der Waals surface area contributed by atoms with Crippen molar-refractivity contribution < 1.29 is 45.0 Å². The van der Waals surface area contributed by atoms with E-state index in [9.17, 15) is 29.7 Å². The lowest BCUT2D eigenvalue weighted by atomic mass is 9.95. The van der Waals surface area contributed by atoms with E-state index in [2.05, 4.69) is 0 Å². The third-order valence-corrected chi connectivity index (χ3v) is 4.07. The lowest BCUT2D eigenvalue weighted by molar-refractivity contribution is -0.141. The predicted octanol–water partition coefficient (Wildman–Crippen LogP) is -3.51. The van der Waals surface area contributed by atoms with Crippen LogP contribution in [0.1, 0.15) is 0 Å². The van der Waals surface area contributed by atoms with E-state index < -0.39 is 61.9 Å². The van der Waals surface area contributed by atoms with Gasteiger partial charge in [-0.05, 0) is 21.1 Å². The number of hydrogen-bond donors (Lipinski definition) is 6. The summed E-state index contributed by atoms with van der Waals surface area (Å²) in [6, 6.07) is -2.30. The minimum absolute atomic E-state index is 0.196. The summed E-state index contributed by atoms with van der Waals surface area (Å²) in [4.78, 5) is 36.3. The Labute approximate surface area is 156 Å². The van der Waals surface area contributed by atoms with Gasteiger partial charge < -0.3 is 30.6 Å². The van der Waals surface area contributed by atoms with Gasteiger partial charge in [-0.25, -0.2) is 0 Å². The van der Waals surface area contributed by atoms with Crippen molar-refractivity contribution in [3.8, 4) is 0 Å². The first-order valence-corrected chi connectivity index (χ1v) is 8.12. The Hall–Kier alpha value is -1.83. The monoisotopic (exact) mass is 395 g/mol. The lowest BCUT2D eigenvalue weighted by Crippen LogP contribution is -2.61. The van der Waals surface area contributed by atoms with Gasteiger partial charge in [-0.3, -0.25) is 29.1 Å². The Kier molecular flexibility index (Phi) is 11.0. The van der Waals surface area contributed by atoms with Gasteiger partial charge in [0.2, 0.25) is 0 Å². The number of rotatable bonds is 14. The third-order valence-electron chi connectivity index (χ3n) is 4.07. The minimum Gasteiger partial charge on any atom is -0.480 e. The number of carboxylic acids is 3. The first-order chi connectivity index (χ1) is 12.4. The van der Waals surface area contributed by atoms with Crippen molar-refractivity contribution in [2.45, 2.75) is 24.3 Å². The third kappa shape index (κ3) is 9.08. The molecular weight excluding hydrogens is 366 g/mol. The van der Waals surface area contributed by atoms with Crippen molar-refractivity contribution in [1.82, 2.24) is 14.7 Å². The van der Waals surface area contributed by atoms with Gasteiger partial charge in [-0.2, -0.15) is 0 Å². The first kappa shape index (κ1) is 25.2. The van der Waals surface area contributed by atoms with Crippen LogP contribution in [0.5, 0.6) is 0 Å². The molecule has 0 fully saturated rings. The second-order valence-electron chi connectivity index (χ2n) is 6.51. The van der Waals surface area contributed by atoms with Crippen LogP contribution in [0.15, 0.2) is 0 Å². The van der Waals surface area contributed by atoms with E-state index >= 15 is 0 Å². The fourth-order valence-electron chi connectivity index (χ4n) is 2.89. The summed E-state index contributed by atoms with van der Waals surface area (Å²) in [7, 11) is 4.13. The number of aliphatic hydroxyl groups is 3. The quantitative estimate of drug-likeness (QED) is 0.171. The molecule has 0 saturated carbocycles. The molecule has 0 aromatic rings. The van der Waals surface area contributed by atoms with Gasteiger partial charge in [-0.1, -0.05) is 0 Å². The molecule has 4 unspecified atom stereocenters. The van der Waals surface area contributed by atoms with Crippen molar-refractivity contribution in [3.63, 3.8) is 0 Å². The largest absolute Gasteiger partial charge is 0.480 e. The van der Waals surface area contributed by atoms with Crippen LogP contribution in [0.4, 0.5) is 0 Å². The summed E-state index contributed by atoms with van der Waals surface area (Å²) in [5.41, 5.74) is 0. The molecule has 0 spiro atoms. The Morgan fingerprint density at radius 2 is 1.26 bits per heavy atom. The molecule has 12 heteroatoms. The number of aliphatic carboxylic acids is 3. The number of hydrogen-bond acceptors (Lipinski definition) is 9. The van der Waals surface area contributed by atoms with Crippen LogP contribution in [0.3, 0.4) is 0 Å². The topological polar surface area (TPSA) is 182 Å². The van der Waals surface area contributed by atoms with Gasteiger partial charge in [0, 0.05) is 6.54 Å². The van der Waals surface area contributed by atoms with E-state index in [0.29, 0.717) is 0 Å². The SMILES string of the molecule is CN(CC(=O)O)CC(O)C(C(O)C(CO)N(C)CC(=O)O)N(C)CC(=O)O. The average Bonchev–Trinajstić information content (AvgIpc) is 2.44. The van der Waals surface area contributed by atoms with Crippen LogP contribution >= 0.6 is 0 Å². The van der Waals surface area contributed by atoms with Gasteiger partial charge in [0.15, 0.2) is 0 Å². The molecule has 0 aromatic carbocycles. The Morgan fingerprint density at radius 3 is 1.67 bits per heavy atom. The number of carboxylic acid groups (broad SMARTS) is 3. The molecule has 0 aromatic heterocycles. The summed E-state index contributed by atoms with van der Waals surface area (Å²) in [5.74, 6) is -3.55. The zero-order valence-corrected chi connectivity index (χ0v) is 15.6. The second kappa shape index (κ2) is 11.8. The molecule has 0 aliphatic carbocycles. The van der Waals surface area contributed by atoms with E-state index in [0.717, 1.165) is 4.90 Å². The summed E-state index contributed by atoms with van der Waals surface area (Å²) in [6.07, 6.45) is -2.89. The highest BCUT2D eigenvalue weighted by Gasteiger charge is 2.38. The molecule has 12 nitrogen and oxygen atoms in total. The molecule has 0 saturated heterocycles. The maximum Gasteiger partial charge on any atom is 0.317 e. The minimum atomic E-state index is -1.52. The fourth-order valence-corrected chi connectivity index (χ4v) is 2.89. The van der Waals surface area contributed by atoms with Crippen molar-refractivity contribution in [2.24, 2.45) is 0 Å². The molecule has 0 heterocycles. The van der Waals surface area contributed by atoms with E-state index in [4.69, 9.17) is 15.3 Å². The smallest absolute Gasteiger partial charge is 0.317 e.